The van der Waals surface area contributed by atoms with Crippen LogP contribution < -0.4 is 10.6 Å². The molecule has 130 valence electrons. The highest BCUT2D eigenvalue weighted by Crippen LogP contribution is 2.63. The van der Waals surface area contributed by atoms with E-state index in [1.165, 1.54) is 6.42 Å². The van der Waals surface area contributed by atoms with Crippen molar-refractivity contribution in [2.24, 2.45) is 17.3 Å². The van der Waals surface area contributed by atoms with Crippen LogP contribution >= 0.6 is 22.9 Å². The maximum Gasteiger partial charge on any atom is 0.239 e. The molecule has 4 saturated carbocycles. The summed E-state index contributed by atoms with van der Waals surface area (Å²) in [6.07, 6.45) is 6.01. The maximum absolute atomic E-state index is 12.8. The SMILES string of the molecule is O=C(CNC(=O)C12C[C@@H]3C[C@@H](CC(Cl)(C3)C1)C2)NCc1cccs1. The molecule has 4 aliphatic rings. The van der Waals surface area contributed by atoms with E-state index in [-0.39, 0.29) is 28.6 Å². The van der Waals surface area contributed by atoms with Crippen molar-refractivity contribution >= 4 is 34.8 Å². The van der Waals surface area contributed by atoms with Gasteiger partial charge >= 0.3 is 0 Å². The first-order valence-electron chi connectivity index (χ1n) is 8.73. The van der Waals surface area contributed by atoms with Gasteiger partial charge in [-0.2, -0.15) is 0 Å². The van der Waals surface area contributed by atoms with Gasteiger partial charge in [-0.3, -0.25) is 9.59 Å². The fraction of sp³-hybridized carbons (Fsp3) is 0.667. The highest BCUT2D eigenvalue weighted by Gasteiger charge is 2.59. The molecule has 1 heterocycles. The normalized spacial score (nSPS) is 36.5. The molecule has 2 unspecified atom stereocenters. The minimum absolute atomic E-state index is 0.0351. The Morgan fingerprint density at radius 2 is 1.96 bits per heavy atom. The van der Waals surface area contributed by atoms with Crippen molar-refractivity contribution in [2.75, 3.05) is 6.54 Å². The number of halogens is 1. The molecule has 6 heteroatoms. The summed E-state index contributed by atoms with van der Waals surface area (Å²) in [4.78, 5) is 25.7. The number of hydrogen-bond acceptors (Lipinski definition) is 3. The summed E-state index contributed by atoms with van der Waals surface area (Å²) >= 11 is 8.39. The van der Waals surface area contributed by atoms with Gasteiger partial charge in [-0.1, -0.05) is 6.07 Å². The predicted octanol–water partition coefficient (Wildman–Crippen LogP) is 3.06. The molecule has 4 nitrogen and oxygen atoms in total. The quantitative estimate of drug-likeness (QED) is 0.787. The molecule has 2 amide bonds. The molecule has 4 fully saturated rings. The Hall–Kier alpha value is -1.07. The van der Waals surface area contributed by atoms with Crippen molar-refractivity contribution < 1.29 is 9.59 Å². The molecule has 1 aromatic heterocycles. The van der Waals surface area contributed by atoms with Gasteiger partial charge in [0.2, 0.25) is 11.8 Å². The minimum Gasteiger partial charge on any atom is -0.350 e. The number of amides is 2. The number of alkyl halides is 1. The topological polar surface area (TPSA) is 58.2 Å². The van der Waals surface area contributed by atoms with E-state index >= 15 is 0 Å². The largest absolute Gasteiger partial charge is 0.350 e. The van der Waals surface area contributed by atoms with Gasteiger partial charge in [0, 0.05) is 9.75 Å². The summed E-state index contributed by atoms with van der Waals surface area (Å²) in [5.74, 6) is 1.07. The second-order valence-electron chi connectivity index (χ2n) is 7.93. The third kappa shape index (κ3) is 3.08. The number of nitrogens with one attached hydrogen (secondary N) is 2. The van der Waals surface area contributed by atoms with E-state index in [0.29, 0.717) is 18.4 Å². The first-order chi connectivity index (χ1) is 11.5. The molecule has 0 spiro atoms. The van der Waals surface area contributed by atoms with Crippen LogP contribution in [-0.2, 0) is 16.1 Å². The lowest BCUT2D eigenvalue weighted by Gasteiger charge is -2.59. The van der Waals surface area contributed by atoms with Crippen LogP contribution in [0.1, 0.15) is 43.4 Å². The first kappa shape index (κ1) is 16.4. The Morgan fingerprint density at radius 1 is 1.21 bits per heavy atom. The summed E-state index contributed by atoms with van der Waals surface area (Å²) in [5.41, 5.74) is -0.333. The van der Waals surface area contributed by atoms with Crippen molar-refractivity contribution in [2.45, 2.75) is 49.9 Å². The van der Waals surface area contributed by atoms with Crippen molar-refractivity contribution in [3.8, 4) is 0 Å². The minimum atomic E-state index is -0.333. The van der Waals surface area contributed by atoms with Crippen LogP contribution in [-0.4, -0.2) is 23.2 Å². The monoisotopic (exact) mass is 366 g/mol. The summed E-state index contributed by atoms with van der Waals surface area (Å²) < 4.78 is 0. The summed E-state index contributed by atoms with van der Waals surface area (Å²) in [7, 11) is 0. The van der Waals surface area contributed by atoms with E-state index in [1.807, 2.05) is 17.5 Å². The Kier molecular flexibility index (Phi) is 4.12. The number of thiophene rings is 1. The average Bonchev–Trinajstić information content (AvgIpc) is 3.01. The van der Waals surface area contributed by atoms with E-state index in [9.17, 15) is 9.59 Å². The zero-order chi connectivity index (χ0) is 16.8. The Labute approximate surface area is 151 Å². The molecule has 0 aromatic carbocycles. The van der Waals surface area contributed by atoms with Crippen molar-refractivity contribution in [1.29, 1.82) is 0 Å². The molecule has 0 aliphatic heterocycles. The van der Waals surface area contributed by atoms with Gasteiger partial charge in [-0.15, -0.1) is 22.9 Å². The van der Waals surface area contributed by atoms with E-state index in [2.05, 4.69) is 10.6 Å². The van der Waals surface area contributed by atoms with E-state index < -0.39 is 0 Å². The Bertz CT molecular complexity index is 631. The van der Waals surface area contributed by atoms with Gasteiger partial charge in [-0.25, -0.2) is 0 Å². The molecule has 4 bridgehead atoms. The van der Waals surface area contributed by atoms with Crippen LogP contribution in [0.25, 0.3) is 0 Å². The Balaban J connectivity index is 1.32. The van der Waals surface area contributed by atoms with Gasteiger partial charge in [0.05, 0.1) is 18.5 Å². The van der Waals surface area contributed by atoms with Crippen LogP contribution in [0.2, 0.25) is 0 Å². The standard InChI is InChI=1S/C18H23ClN2O2S/c19-18-7-12-4-13(8-18)6-17(5-12,11-18)16(23)21-10-15(22)20-9-14-2-1-3-24-14/h1-3,12-13H,4-11H2,(H,20,22)(H,21,23)/t12-,13+,17?,18?. The summed E-state index contributed by atoms with van der Waals surface area (Å²) in [6.45, 7) is 0.572. The second-order valence-corrected chi connectivity index (χ2v) is 9.77. The zero-order valence-corrected chi connectivity index (χ0v) is 15.2. The van der Waals surface area contributed by atoms with Crippen molar-refractivity contribution in [1.82, 2.24) is 10.6 Å². The lowest BCUT2D eigenvalue weighted by atomic mass is 9.49. The van der Waals surface area contributed by atoms with E-state index in [1.54, 1.807) is 11.3 Å². The molecule has 0 radical (unpaired) electrons. The maximum atomic E-state index is 12.8. The van der Waals surface area contributed by atoms with Gasteiger partial charge in [0.25, 0.3) is 0 Å². The number of hydrogen-bond donors (Lipinski definition) is 2. The van der Waals surface area contributed by atoms with E-state index in [0.717, 1.165) is 37.0 Å². The van der Waals surface area contributed by atoms with Crippen LogP contribution in [0.5, 0.6) is 0 Å². The molecule has 5 rings (SSSR count). The molecule has 2 N–H and O–H groups in total. The van der Waals surface area contributed by atoms with Crippen LogP contribution in [0.15, 0.2) is 17.5 Å². The molecule has 4 atom stereocenters. The van der Waals surface area contributed by atoms with Crippen LogP contribution in [0.3, 0.4) is 0 Å². The van der Waals surface area contributed by atoms with Gasteiger partial charge in [0.15, 0.2) is 0 Å². The molecule has 24 heavy (non-hydrogen) atoms. The molecule has 1 aromatic rings. The second kappa shape index (κ2) is 6.03. The number of rotatable bonds is 5. The Morgan fingerprint density at radius 3 is 2.58 bits per heavy atom. The highest BCUT2D eigenvalue weighted by molar-refractivity contribution is 7.09. The van der Waals surface area contributed by atoms with Crippen LogP contribution in [0.4, 0.5) is 0 Å². The summed E-state index contributed by atoms with van der Waals surface area (Å²) in [6, 6.07) is 3.95. The fourth-order valence-corrected chi connectivity index (χ4v) is 6.76. The third-order valence-electron chi connectivity index (χ3n) is 5.92. The highest BCUT2D eigenvalue weighted by atomic mass is 35.5. The third-order valence-corrected chi connectivity index (χ3v) is 7.24. The average molecular weight is 367 g/mol. The van der Waals surface area contributed by atoms with Crippen LogP contribution in [0, 0.1) is 17.3 Å². The van der Waals surface area contributed by atoms with Crippen molar-refractivity contribution in [3.05, 3.63) is 22.4 Å². The predicted molar refractivity (Wildman–Crippen MR) is 94.9 cm³/mol. The zero-order valence-electron chi connectivity index (χ0n) is 13.6. The number of carbonyl (C=O) groups excluding carboxylic acids is 2. The molecule has 4 aliphatic carbocycles. The molecular formula is C18H23ClN2O2S. The smallest absolute Gasteiger partial charge is 0.239 e. The van der Waals surface area contributed by atoms with Crippen molar-refractivity contribution in [3.63, 3.8) is 0 Å². The number of carbonyl (C=O) groups is 2. The first-order valence-corrected chi connectivity index (χ1v) is 9.99. The fourth-order valence-electron chi connectivity index (χ4n) is 5.43. The van der Waals surface area contributed by atoms with Gasteiger partial charge < -0.3 is 10.6 Å². The molecule has 0 saturated heterocycles. The van der Waals surface area contributed by atoms with Gasteiger partial charge in [-0.05, 0) is 61.8 Å². The van der Waals surface area contributed by atoms with E-state index in [4.69, 9.17) is 11.6 Å². The lowest BCUT2D eigenvalue weighted by molar-refractivity contribution is -0.145. The summed E-state index contributed by atoms with van der Waals surface area (Å²) in [5, 5.41) is 7.72. The van der Waals surface area contributed by atoms with Gasteiger partial charge in [0.1, 0.15) is 0 Å². The lowest BCUT2D eigenvalue weighted by Crippen LogP contribution is -2.59. The molecular weight excluding hydrogens is 344 g/mol.